The summed E-state index contributed by atoms with van der Waals surface area (Å²) in [6.07, 6.45) is 4.41. The summed E-state index contributed by atoms with van der Waals surface area (Å²) >= 11 is 0. The Hall–Kier alpha value is -1.56. The van der Waals surface area contributed by atoms with Crippen molar-refractivity contribution in [3.05, 3.63) is 29.8 Å². The number of carbonyl (C=O) groups is 1. The number of para-hydroxylation sites is 1. The zero-order valence-electron chi connectivity index (χ0n) is 13.1. The minimum absolute atomic E-state index is 0.0434. The molecule has 1 aliphatic rings. The van der Waals surface area contributed by atoms with Crippen molar-refractivity contribution in [2.75, 3.05) is 17.1 Å². The Bertz CT molecular complexity index is 621. The first-order chi connectivity index (χ1) is 10.5. The highest BCUT2D eigenvalue weighted by molar-refractivity contribution is 7.92. The van der Waals surface area contributed by atoms with Crippen molar-refractivity contribution in [1.29, 1.82) is 0 Å². The van der Waals surface area contributed by atoms with E-state index in [9.17, 15) is 13.2 Å². The second-order valence-corrected chi connectivity index (χ2v) is 7.73. The number of nitrogens with zero attached hydrogens (tertiary/aromatic N) is 1. The Balaban J connectivity index is 2.24. The van der Waals surface area contributed by atoms with E-state index in [0.29, 0.717) is 17.7 Å². The Morgan fingerprint density at radius 2 is 1.91 bits per heavy atom. The molecule has 0 aliphatic heterocycles. The normalized spacial score (nSPS) is 15.7. The van der Waals surface area contributed by atoms with Gasteiger partial charge in [0, 0.05) is 7.05 Å². The molecule has 1 aromatic carbocycles. The minimum atomic E-state index is -3.42. The summed E-state index contributed by atoms with van der Waals surface area (Å²) in [7, 11) is -1.94. The molecule has 1 fully saturated rings. The quantitative estimate of drug-likeness (QED) is 0.754. The van der Waals surface area contributed by atoms with Crippen LogP contribution < -0.4 is 4.31 Å². The van der Waals surface area contributed by atoms with Crippen molar-refractivity contribution in [2.24, 2.45) is 0 Å². The number of benzene rings is 1. The van der Waals surface area contributed by atoms with Gasteiger partial charge in [0.2, 0.25) is 10.0 Å². The van der Waals surface area contributed by atoms with E-state index < -0.39 is 16.0 Å². The molecule has 0 amide bonds. The van der Waals surface area contributed by atoms with Gasteiger partial charge < -0.3 is 4.74 Å². The molecule has 0 aromatic heterocycles. The fraction of sp³-hybridized carbons (Fsp3) is 0.562. The molecule has 0 radical (unpaired) electrons. The molecule has 6 heteroatoms. The average molecular weight is 325 g/mol. The maximum Gasteiger partial charge on any atom is 0.340 e. The molecule has 22 heavy (non-hydrogen) atoms. The summed E-state index contributed by atoms with van der Waals surface area (Å²) in [4.78, 5) is 12.4. The van der Waals surface area contributed by atoms with Crippen LogP contribution in [0.1, 0.15) is 49.4 Å². The van der Waals surface area contributed by atoms with Crippen molar-refractivity contribution in [1.82, 2.24) is 0 Å². The molecular weight excluding hydrogens is 302 g/mol. The molecule has 122 valence electrons. The predicted molar refractivity (Wildman–Crippen MR) is 86.6 cm³/mol. The fourth-order valence-corrected chi connectivity index (χ4v) is 3.94. The van der Waals surface area contributed by atoms with Crippen molar-refractivity contribution >= 4 is 21.7 Å². The zero-order chi connectivity index (χ0) is 16.2. The second kappa shape index (κ2) is 7.13. The maximum absolute atomic E-state index is 12.4. The molecule has 0 bridgehead atoms. The van der Waals surface area contributed by atoms with E-state index in [1.807, 2.05) is 6.92 Å². The Morgan fingerprint density at radius 3 is 2.55 bits per heavy atom. The lowest BCUT2D eigenvalue weighted by Gasteiger charge is -2.22. The fourth-order valence-electron chi connectivity index (χ4n) is 2.69. The zero-order valence-corrected chi connectivity index (χ0v) is 13.9. The van der Waals surface area contributed by atoms with Gasteiger partial charge in [0.05, 0.1) is 17.0 Å². The van der Waals surface area contributed by atoms with Crippen molar-refractivity contribution in [3.63, 3.8) is 0 Å². The molecule has 2 rings (SSSR count). The maximum atomic E-state index is 12.4. The Kier molecular flexibility index (Phi) is 5.45. The third-order valence-corrected chi connectivity index (χ3v) is 5.87. The lowest BCUT2D eigenvalue weighted by Crippen LogP contribution is -2.30. The SMILES string of the molecule is CCCS(=O)(=O)N(C)c1ccccc1C(=O)OC1CCCC1. The van der Waals surface area contributed by atoms with Gasteiger partial charge in [0.15, 0.2) is 0 Å². The summed E-state index contributed by atoms with van der Waals surface area (Å²) in [6, 6.07) is 6.69. The Labute approximate surface area is 132 Å². The largest absolute Gasteiger partial charge is 0.459 e. The van der Waals surface area contributed by atoms with Crippen LogP contribution in [0.25, 0.3) is 0 Å². The van der Waals surface area contributed by atoms with E-state index in [4.69, 9.17) is 4.74 Å². The topological polar surface area (TPSA) is 63.7 Å². The van der Waals surface area contributed by atoms with Crippen LogP contribution in [0.5, 0.6) is 0 Å². The van der Waals surface area contributed by atoms with Gasteiger partial charge in [-0.2, -0.15) is 0 Å². The van der Waals surface area contributed by atoms with Gasteiger partial charge in [-0.1, -0.05) is 19.1 Å². The monoisotopic (exact) mass is 325 g/mol. The molecule has 0 heterocycles. The third-order valence-electron chi connectivity index (χ3n) is 3.92. The lowest BCUT2D eigenvalue weighted by atomic mass is 10.2. The van der Waals surface area contributed by atoms with Crippen LogP contribution in [0.2, 0.25) is 0 Å². The van der Waals surface area contributed by atoms with E-state index in [1.165, 1.54) is 11.4 Å². The van der Waals surface area contributed by atoms with Crippen LogP contribution in [0.3, 0.4) is 0 Å². The van der Waals surface area contributed by atoms with Crippen molar-refractivity contribution in [3.8, 4) is 0 Å². The Morgan fingerprint density at radius 1 is 1.27 bits per heavy atom. The number of hydrogen-bond acceptors (Lipinski definition) is 4. The first-order valence-electron chi connectivity index (χ1n) is 7.72. The molecule has 0 N–H and O–H groups in total. The van der Waals surface area contributed by atoms with E-state index >= 15 is 0 Å². The second-order valence-electron chi connectivity index (χ2n) is 5.61. The number of hydrogen-bond donors (Lipinski definition) is 0. The van der Waals surface area contributed by atoms with Crippen molar-refractivity contribution < 1.29 is 17.9 Å². The van der Waals surface area contributed by atoms with Crippen LogP contribution in [-0.4, -0.2) is 33.3 Å². The molecule has 1 aromatic rings. The standard InChI is InChI=1S/C16H23NO4S/c1-3-12-22(19,20)17(2)15-11-7-6-10-14(15)16(18)21-13-8-4-5-9-13/h6-7,10-11,13H,3-5,8-9,12H2,1-2H3. The molecule has 0 saturated heterocycles. The summed E-state index contributed by atoms with van der Waals surface area (Å²) in [5.74, 6) is -0.392. The lowest BCUT2D eigenvalue weighted by molar-refractivity contribution is 0.0319. The molecule has 0 spiro atoms. The van der Waals surface area contributed by atoms with Gasteiger partial charge in [0.1, 0.15) is 6.10 Å². The minimum Gasteiger partial charge on any atom is -0.459 e. The van der Waals surface area contributed by atoms with Crippen LogP contribution in [0.15, 0.2) is 24.3 Å². The highest BCUT2D eigenvalue weighted by Crippen LogP contribution is 2.26. The molecule has 0 unspecified atom stereocenters. The highest BCUT2D eigenvalue weighted by atomic mass is 32.2. The number of anilines is 1. The van der Waals surface area contributed by atoms with E-state index in [0.717, 1.165) is 25.7 Å². The molecule has 1 aliphatic carbocycles. The molecule has 1 saturated carbocycles. The number of carbonyl (C=O) groups excluding carboxylic acids is 1. The molecular formula is C16H23NO4S. The van der Waals surface area contributed by atoms with Gasteiger partial charge in [-0.3, -0.25) is 4.31 Å². The third kappa shape index (κ3) is 3.80. The van der Waals surface area contributed by atoms with E-state index in [1.54, 1.807) is 24.3 Å². The van der Waals surface area contributed by atoms with Crippen molar-refractivity contribution in [2.45, 2.75) is 45.1 Å². The first-order valence-corrected chi connectivity index (χ1v) is 9.33. The molecule has 5 nitrogen and oxygen atoms in total. The highest BCUT2D eigenvalue weighted by Gasteiger charge is 2.25. The number of ether oxygens (including phenoxy) is 1. The van der Waals surface area contributed by atoms with Gasteiger partial charge in [-0.15, -0.1) is 0 Å². The van der Waals surface area contributed by atoms with Crippen LogP contribution >= 0.6 is 0 Å². The van der Waals surface area contributed by atoms with Gasteiger partial charge in [-0.25, -0.2) is 13.2 Å². The number of rotatable bonds is 6. The van der Waals surface area contributed by atoms with Gasteiger partial charge in [-0.05, 0) is 44.2 Å². The predicted octanol–water partition coefficient (Wildman–Crippen LogP) is 2.96. The van der Waals surface area contributed by atoms with Gasteiger partial charge >= 0.3 is 5.97 Å². The summed E-state index contributed by atoms with van der Waals surface area (Å²) in [5.41, 5.74) is 0.676. The first kappa shape index (κ1) is 16.8. The van der Waals surface area contributed by atoms with Crippen LogP contribution in [0.4, 0.5) is 5.69 Å². The van der Waals surface area contributed by atoms with Crippen LogP contribution in [0, 0.1) is 0 Å². The molecule has 0 atom stereocenters. The summed E-state index contributed by atoms with van der Waals surface area (Å²) in [5, 5.41) is 0. The number of sulfonamides is 1. The summed E-state index contributed by atoms with van der Waals surface area (Å²) < 4.78 is 31.1. The smallest absolute Gasteiger partial charge is 0.340 e. The average Bonchev–Trinajstić information content (AvgIpc) is 2.99. The van der Waals surface area contributed by atoms with E-state index in [2.05, 4.69) is 0 Å². The number of esters is 1. The van der Waals surface area contributed by atoms with Gasteiger partial charge in [0.25, 0.3) is 0 Å². The summed E-state index contributed by atoms with van der Waals surface area (Å²) in [6.45, 7) is 1.81. The van der Waals surface area contributed by atoms with E-state index in [-0.39, 0.29) is 11.9 Å². The van der Waals surface area contributed by atoms with Crippen LogP contribution in [-0.2, 0) is 14.8 Å².